The van der Waals surface area contributed by atoms with Crippen LogP contribution in [0.3, 0.4) is 0 Å². The van der Waals surface area contributed by atoms with Crippen LogP contribution in [0.4, 0.5) is 10.1 Å². The summed E-state index contributed by atoms with van der Waals surface area (Å²) in [4.78, 5) is 12.0. The van der Waals surface area contributed by atoms with Crippen LogP contribution in [-0.2, 0) is 21.2 Å². The summed E-state index contributed by atoms with van der Waals surface area (Å²) in [6.45, 7) is 4.48. The van der Waals surface area contributed by atoms with Crippen LogP contribution < -0.4 is 14.4 Å². The van der Waals surface area contributed by atoms with Crippen LogP contribution in [0.15, 0.2) is 48.5 Å². The topological polar surface area (TPSA) is 75.7 Å². The maximum absolute atomic E-state index is 12.9. The predicted molar refractivity (Wildman–Crippen MR) is 117 cm³/mol. The highest BCUT2D eigenvalue weighted by atomic mass is 32.2. The van der Waals surface area contributed by atoms with Crippen molar-refractivity contribution in [1.82, 2.24) is 5.32 Å². The lowest BCUT2D eigenvalue weighted by Crippen LogP contribution is -2.32. The number of ether oxygens (including phenoxy) is 1. The summed E-state index contributed by atoms with van der Waals surface area (Å²) in [6.07, 6.45) is 2.38. The maximum Gasteiger partial charge on any atom is 0.232 e. The van der Waals surface area contributed by atoms with Gasteiger partial charge in [-0.3, -0.25) is 9.10 Å². The number of amides is 1. The maximum atomic E-state index is 12.9. The van der Waals surface area contributed by atoms with Gasteiger partial charge in [0.05, 0.1) is 18.0 Å². The van der Waals surface area contributed by atoms with E-state index in [0.717, 1.165) is 11.8 Å². The number of rotatable bonds is 11. The van der Waals surface area contributed by atoms with Crippen LogP contribution in [0.2, 0.25) is 0 Å². The van der Waals surface area contributed by atoms with E-state index >= 15 is 0 Å². The predicted octanol–water partition coefficient (Wildman–Crippen LogP) is 3.52. The number of hydrogen-bond acceptors (Lipinski definition) is 4. The van der Waals surface area contributed by atoms with Crippen molar-refractivity contribution in [3.05, 3.63) is 59.9 Å². The Balaban J connectivity index is 1.83. The molecule has 6 nitrogen and oxygen atoms in total. The summed E-state index contributed by atoms with van der Waals surface area (Å²) in [5.74, 6) is 0.231. The molecule has 30 heavy (non-hydrogen) atoms. The third kappa shape index (κ3) is 8.02. The summed E-state index contributed by atoms with van der Waals surface area (Å²) in [6, 6.07) is 13.0. The van der Waals surface area contributed by atoms with E-state index in [2.05, 4.69) is 5.32 Å². The molecule has 2 rings (SSSR count). The van der Waals surface area contributed by atoms with Gasteiger partial charge in [0.15, 0.2) is 0 Å². The molecule has 2 aromatic rings. The Morgan fingerprint density at radius 3 is 2.30 bits per heavy atom. The van der Waals surface area contributed by atoms with E-state index in [1.165, 1.54) is 16.4 Å². The number of nitrogens with one attached hydrogen (secondary N) is 1. The molecule has 0 spiro atoms. The molecule has 0 fully saturated rings. The highest BCUT2D eigenvalue weighted by Crippen LogP contribution is 2.22. The Morgan fingerprint density at radius 1 is 1.10 bits per heavy atom. The molecule has 1 N–H and O–H groups in total. The summed E-state index contributed by atoms with van der Waals surface area (Å²) in [5.41, 5.74) is 1.47. The van der Waals surface area contributed by atoms with E-state index in [9.17, 15) is 17.6 Å². The van der Waals surface area contributed by atoms with Crippen molar-refractivity contribution in [3.63, 3.8) is 0 Å². The van der Waals surface area contributed by atoms with Crippen molar-refractivity contribution in [2.75, 3.05) is 23.7 Å². The molecule has 8 heteroatoms. The highest BCUT2D eigenvalue weighted by Gasteiger charge is 2.17. The molecule has 0 atom stereocenters. The van der Waals surface area contributed by atoms with Gasteiger partial charge in [-0.1, -0.05) is 12.1 Å². The number of benzene rings is 2. The lowest BCUT2D eigenvalue weighted by atomic mass is 10.1. The fourth-order valence-corrected chi connectivity index (χ4v) is 3.88. The monoisotopic (exact) mass is 436 g/mol. The van der Waals surface area contributed by atoms with Gasteiger partial charge in [-0.25, -0.2) is 12.8 Å². The van der Waals surface area contributed by atoms with Gasteiger partial charge in [-0.05, 0) is 68.7 Å². The van der Waals surface area contributed by atoms with Gasteiger partial charge in [-0.15, -0.1) is 0 Å². The lowest BCUT2D eigenvalue weighted by molar-refractivity contribution is -0.121. The van der Waals surface area contributed by atoms with Crippen molar-refractivity contribution in [2.24, 2.45) is 0 Å². The Labute approximate surface area is 178 Å². The van der Waals surface area contributed by atoms with Crippen molar-refractivity contribution >= 4 is 21.6 Å². The zero-order chi connectivity index (χ0) is 22.1. The van der Waals surface area contributed by atoms with Gasteiger partial charge in [0.2, 0.25) is 15.9 Å². The molecule has 0 bridgehead atoms. The first-order valence-corrected chi connectivity index (χ1v) is 11.8. The SMILES string of the molecule is CC(C)Oc1ccc(N(CCCC(=O)NCCc2ccc(F)cc2)S(C)(=O)=O)cc1. The Hall–Kier alpha value is -2.61. The van der Waals surface area contributed by atoms with Gasteiger partial charge in [-0.2, -0.15) is 0 Å². The average Bonchev–Trinajstić information content (AvgIpc) is 2.66. The zero-order valence-electron chi connectivity index (χ0n) is 17.6. The second-order valence-corrected chi connectivity index (χ2v) is 9.23. The quantitative estimate of drug-likeness (QED) is 0.585. The third-order valence-corrected chi connectivity index (χ3v) is 5.51. The van der Waals surface area contributed by atoms with Crippen LogP contribution in [0.1, 0.15) is 32.3 Å². The summed E-state index contributed by atoms with van der Waals surface area (Å²) < 4.78 is 44.1. The summed E-state index contributed by atoms with van der Waals surface area (Å²) >= 11 is 0. The first kappa shape index (κ1) is 23.7. The van der Waals surface area contributed by atoms with Crippen LogP contribution in [0.5, 0.6) is 5.75 Å². The smallest absolute Gasteiger partial charge is 0.232 e. The fourth-order valence-electron chi connectivity index (χ4n) is 2.92. The van der Waals surface area contributed by atoms with Crippen molar-refractivity contribution < 1.29 is 22.3 Å². The van der Waals surface area contributed by atoms with E-state index in [1.54, 1.807) is 36.4 Å². The molecule has 0 saturated carbocycles. The molecule has 0 aliphatic rings. The minimum atomic E-state index is -3.48. The standard InChI is InChI=1S/C22H29FN2O4S/c1-17(2)29-21-12-10-20(11-13-21)25(30(3,27)28)16-4-5-22(26)24-15-14-18-6-8-19(23)9-7-18/h6-13,17H,4-5,14-16H2,1-3H3,(H,24,26). The molecule has 164 valence electrons. The van der Waals surface area contributed by atoms with Crippen molar-refractivity contribution in [3.8, 4) is 5.75 Å². The van der Waals surface area contributed by atoms with E-state index in [1.807, 2.05) is 13.8 Å². The molecule has 0 heterocycles. The summed E-state index contributed by atoms with van der Waals surface area (Å²) in [7, 11) is -3.48. The van der Waals surface area contributed by atoms with E-state index in [0.29, 0.717) is 30.8 Å². The van der Waals surface area contributed by atoms with E-state index in [-0.39, 0.29) is 30.8 Å². The Morgan fingerprint density at radius 2 is 1.73 bits per heavy atom. The van der Waals surface area contributed by atoms with Gasteiger partial charge in [0.25, 0.3) is 0 Å². The van der Waals surface area contributed by atoms with Gasteiger partial charge >= 0.3 is 0 Å². The average molecular weight is 437 g/mol. The third-order valence-electron chi connectivity index (χ3n) is 4.31. The molecule has 0 radical (unpaired) electrons. The van der Waals surface area contributed by atoms with Gasteiger partial charge in [0, 0.05) is 19.5 Å². The number of halogens is 1. The molecule has 0 unspecified atom stereocenters. The minimum absolute atomic E-state index is 0.0310. The van der Waals surface area contributed by atoms with Crippen LogP contribution >= 0.6 is 0 Å². The molecule has 0 aliphatic heterocycles. The number of hydrogen-bond donors (Lipinski definition) is 1. The van der Waals surface area contributed by atoms with Gasteiger partial charge < -0.3 is 10.1 Å². The highest BCUT2D eigenvalue weighted by molar-refractivity contribution is 7.92. The van der Waals surface area contributed by atoms with Crippen LogP contribution in [0.25, 0.3) is 0 Å². The molecular formula is C22H29FN2O4S. The second-order valence-electron chi connectivity index (χ2n) is 7.33. The number of sulfonamides is 1. The molecule has 0 aliphatic carbocycles. The summed E-state index contributed by atoms with van der Waals surface area (Å²) in [5, 5.41) is 2.81. The molecule has 0 saturated heterocycles. The second kappa shape index (κ2) is 11.0. The minimum Gasteiger partial charge on any atom is -0.491 e. The number of carbonyl (C=O) groups excluding carboxylic acids is 1. The lowest BCUT2D eigenvalue weighted by Gasteiger charge is -2.22. The molecule has 0 aromatic heterocycles. The van der Waals surface area contributed by atoms with Crippen LogP contribution in [0, 0.1) is 5.82 Å². The fraction of sp³-hybridized carbons (Fsp3) is 0.409. The van der Waals surface area contributed by atoms with E-state index < -0.39 is 10.0 Å². The normalized spacial score (nSPS) is 11.4. The number of nitrogens with zero attached hydrogens (tertiary/aromatic N) is 1. The molecule has 2 aromatic carbocycles. The first-order chi connectivity index (χ1) is 14.1. The zero-order valence-corrected chi connectivity index (χ0v) is 18.4. The largest absolute Gasteiger partial charge is 0.491 e. The number of carbonyl (C=O) groups is 1. The first-order valence-electron chi connectivity index (χ1n) is 9.91. The van der Waals surface area contributed by atoms with Crippen LogP contribution in [-0.4, -0.2) is 39.8 Å². The Bertz CT molecular complexity index is 913. The van der Waals surface area contributed by atoms with Gasteiger partial charge in [0.1, 0.15) is 11.6 Å². The molecular weight excluding hydrogens is 407 g/mol. The number of anilines is 1. The van der Waals surface area contributed by atoms with Crippen molar-refractivity contribution in [2.45, 2.75) is 39.2 Å². The van der Waals surface area contributed by atoms with E-state index in [4.69, 9.17) is 4.74 Å². The Kier molecular flexibility index (Phi) is 8.65. The van der Waals surface area contributed by atoms with Crippen molar-refractivity contribution in [1.29, 1.82) is 0 Å². The molecule has 1 amide bonds.